The van der Waals surface area contributed by atoms with Gasteiger partial charge in [0.15, 0.2) is 0 Å². The Hall–Kier alpha value is -2.52. The Balaban J connectivity index is -0.000000285. The van der Waals surface area contributed by atoms with Gasteiger partial charge in [0, 0.05) is 0 Å². The number of aryl methyl sites for hydroxylation is 1. The molecule has 10 nitrogen and oxygen atoms in total. The van der Waals surface area contributed by atoms with Crippen LogP contribution in [0.2, 0.25) is 0 Å². The molecule has 1 unspecified atom stereocenters. The molecule has 0 spiro atoms. The SMILES string of the molecule is CCCC.CCCN(C)CC(=O)NC(CCCCN)C(=O)NCC=O.CNCC=O.Cc1ccc(C(F)(F)F)cc1.NS. The molecule has 0 saturated heterocycles. The van der Waals surface area contributed by atoms with Crippen LogP contribution >= 0.6 is 12.8 Å². The highest BCUT2D eigenvalue weighted by molar-refractivity contribution is 7.77. The van der Waals surface area contributed by atoms with Crippen molar-refractivity contribution in [3.63, 3.8) is 0 Å². The molecule has 43 heavy (non-hydrogen) atoms. The van der Waals surface area contributed by atoms with Crippen molar-refractivity contribution in [2.75, 3.05) is 46.8 Å². The van der Waals surface area contributed by atoms with Crippen LogP contribution in [-0.2, 0) is 25.4 Å². The second-order valence-corrected chi connectivity index (χ2v) is 9.14. The summed E-state index contributed by atoms with van der Waals surface area (Å²) in [6.07, 6.45) is 2.89. The zero-order chi connectivity index (χ0) is 34.1. The summed E-state index contributed by atoms with van der Waals surface area (Å²) in [5, 5.41) is 12.0. The average Bonchev–Trinajstić information content (AvgIpc) is 2.97. The lowest BCUT2D eigenvalue weighted by Gasteiger charge is -2.20. The lowest BCUT2D eigenvalue weighted by atomic mass is 10.1. The van der Waals surface area contributed by atoms with E-state index in [0.29, 0.717) is 25.8 Å². The summed E-state index contributed by atoms with van der Waals surface area (Å²) >= 11 is 3.03. The van der Waals surface area contributed by atoms with Crippen molar-refractivity contribution in [3.8, 4) is 0 Å². The first kappa shape index (κ1) is 47.4. The van der Waals surface area contributed by atoms with Crippen molar-refractivity contribution in [1.82, 2.24) is 20.9 Å². The van der Waals surface area contributed by atoms with E-state index in [-0.39, 0.29) is 24.9 Å². The fourth-order valence-corrected chi connectivity index (χ4v) is 2.80. The summed E-state index contributed by atoms with van der Waals surface area (Å²) in [7, 11) is 3.59. The first-order valence-electron chi connectivity index (χ1n) is 14.2. The summed E-state index contributed by atoms with van der Waals surface area (Å²) in [5.74, 6) is -0.518. The molecule has 0 aromatic heterocycles. The molecule has 7 N–H and O–H groups in total. The van der Waals surface area contributed by atoms with E-state index in [1.807, 2.05) is 18.9 Å². The third-order valence-electron chi connectivity index (χ3n) is 5.14. The van der Waals surface area contributed by atoms with Gasteiger partial charge in [-0.3, -0.25) is 19.6 Å². The first-order valence-corrected chi connectivity index (χ1v) is 14.8. The molecule has 252 valence electrons. The van der Waals surface area contributed by atoms with Crippen LogP contribution in [-0.4, -0.2) is 82.1 Å². The van der Waals surface area contributed by atoms with E-state index in [0.717, 1.165) is 49.8 Å². The van der Waals surface area contributed by atoms with E-state index in [1.54, 1.807) is 14.0 Å². The minimum absolute atomic E-state index is 0.0438. The maximum atomic E-state index is 11.9. The number of amides is 2. The standard InChI is InChI=1S/C14H28N4O3.C8H7F3.C4H10.C3H7NO.H3NS/c1-3-9-18(2)11-13(20)17-12(6-4-5-7-15)14(21)16-8-10-19;1-6-2-4-7(5-3-6)8(9,10)11;1-3-4-2;1-4-2-3-5;1-2/h10,12H,3-9,11,15H2,1-2H3,(H,16,21)(H,17,20);2-5H,1H3;3-4H2,1-2H3;3-4H,2H2,1H3;2H,1H2. The Bertz CT molecular complexity index is 801. The molecule has 14 heteroatoms. The van der Waals surface area contributed by atoms with Crippen molar-refractivity contribution in [2.24, 2.45) is 10.9 Å². The molecular weight excluding hydrogens is 585 g/mol. The predicted octanol–water partition coefficient (Wildman–Crippen LogP) is 3.27. The summed E-state index contributed by atoms with van der Waals surface area (Å²) in [6.45, 7) is 10.2. The van der Waals surface area contributed by atoms with E-state index in [4.69, 9.17) is 5.73 Å². The molecule has 2 amide bonds. The number of hydrogen-bond donors (Lipinski definition) is 6. The van der Waals surface area contributed by atoms with Gasteiger partial charge in [-0.05, 0) is 71.9 Å². The largest absolute Gasteiger partial charge is 0.416 e. The van der Waals surface area contributed by atoms with Gasteiger partial charge in [-0.15, -0.1) is 12.8 Å². The number of likely N-dealkylation sites (N-methyl/N-ethyl adjacent to an activating group) is 2. The Labute approximate surface area is 261 Å². The molecule has 0 fully saturated rings. The summed E-state index contributed by atoms with van der Waals surface area (Å²) in [5.41, 5.74) is 5.67. The number of rotatable bonds is 15. The Morgan fingerprint density at radius 3 is 1.88 bits per heavy atom. The molecule has 1 atom stereocenters. The second kappa shape index (κ2) is 34.0. The van der Waals surface area contributed by atoms with E-state index in [9.17, 15) is 32.3 Å². The van der Waals surface area contributed by atoms with Gasteiger partial charge in [0.25, 0.3) is 0 Å². The number of halogens is 3. The van der Waals surface area contributed by atoms with Gasteiger partial charge in [-0.25, -0.2) is 0 Å². The smallest absolute Gasteiger partial charge is 0.348 e. The van der Waals surface area contributed by atoms with Crippen LogP contribution in [0.15, 0.2) is 24.3 Å². The molecule has 1 aromatic rings. The van der Waals surface area contributed by atoms with Gasteiger partial charge in [0.05, 0.1) is 25.2 Å². The number of nitrogens with zero attached hydrogens (tertiary/aromatic N) is 1. The van der Waals surface area contributed by atoms with Crippen molar-refractivity contribution in [2.45, 2.75) is 78.4 Å². The molecule has 0 aliphatic rings. The quantitative estimate of drug-likeness (QED) is 0.0968. The minimum Gasteiger partial charge on any atom is -0.348 e. The van der Waals surface area contributed by atoms with Crippen LogP contribution in [0, 0.1) is 6.92 Å². The lowest BCUT2D eigenvalue weighted by molar-refractivity contribution is -0.137. The van der Waals surface area contributed by atoms with Crippen molar-refractivity contribution < 1.29 is 32.3 Å². The highest BCUT2D eigenvalue weighted by atomic mass is 32.1. The number of hydrogen-bond acceptors (Lipinski definition) is 9. The Morgan fingerprint density at radius 2 is 1.51 bits per heavy atom. The van der Waals surface area contributed by atoms with E-state index in [2.05, 4.69) is 47.8 Å². The molecule has 1 aromatic carbocycles. The van der Waals surface area contributed by atoms with E-state index < -0.39 is 17.8 Å². The van der Waals surface area contributed by atoms with Gasteiger partial charge in [-0.1, -0.05) is 51.3 Å². The van der Waals surface area contributed by atoms with Crippen LogP contribution in [0.1, 0.15) is 70.4 Å². The minimum atomic E-state index is -4.21. The van der Waals surface area contributed by atoms with Gasteiger partial charge in [-0.2, -0.15) is 13.2 Å². The number of thiol groups is 1. The molecular formula is C29H55F3N6O4S. The number of alkyl halides is 3. The van der Waals surface area contributed by atoms with Crippen molar-refractivity contribution >= 4 is 37.2 Å². The monoisotopic (exact) mass is 640 g/mol. The maximum Gasteiger partial charge on any atom is 0.416 e. The number of benzene rings is 1. The molecule has 0 radical (unpaired) electrons. The first-order chi connectivity index (χ1) is 20.4. The highest BCUT2D eigenvalue weighted by Gasteiger charge is 2.29. The molecule has 0 aliphatic carbocycles. The Morgan fingerprint density at radius 1 is 0.977 bits per heavy atom. The zero-order valence-corrected chi connectivity index (χ0v) is 27.5. The average molecular weight is 641 g/mol. The molecule has 0 bridgehead atoms. The number of carbonyl (C=O) groups is 4. The summed E-state index contributed by atoms with van der Waals surface area (Å²) in [4.78, 5) is 45.4. The third kappa shape index (κ3) is 33.8. The number of unbranched alkanes of at least 4 members (excludes halogenated alkanes) is 2. The fourth-order valence-electron chi connectivity index (χ4n) is 2.80. The van der Waals surface area contributed by atoms with E-state index in [1.165, 1.54) is 25.0 Å². The van der Waals surface area contributed by atoms with Crippen LogP contribution in [0.3, 0.4) is 0 Å². The van der Waals surface area contributed by atoms with Crippen molar-refractivity contribution in [1.29, 1.82) is 0 Å². The molecule has 0 aliphatic heterocycles. The van der Waals surface area contributed by atoms with Gasteiger partial charge < -0.3 is 31.3 Å². The molecule has 0 saturated carbocycles. The van der Waals surface area contributed by atoms with Gasteiger partial charge in [0.1, 0.15) is 18.6 Å². The van der Waals surface area contributed by atoms with Crippen molar-refractivity contribution in [3.05, 3.63) is 35.4 Å². The summed E-state index contributed by atoms with van der Waals surface area (Å²) in [6, 6.07) is 4.44. The van der Waals surface area contributed by atoms with Crippen LogP contribution in [0.4, 0.5) is 13.2 Å². The number of carbonyl (C=O) groups excluding carboxylic acids is 4. The third-order valence-corrected chi connectivity index (χ3v) is 5.14. The zero-order valence-electron chi connectivity index (χ0n) is 26.6. The van der Waals surface area contributed by atoms with Crippen LogP contribution in [0.5, 0.6) is 0 Å². The van der Waals surface area contributed by atoms with Crippen LogP contribution in [0.25, 0.3) is 0 Å². The highest BCUT2D eigenvalue weighted by Crippen LogP contribution is 2.28. The number of aldehydes is 2. The van der Waals surface area contributed by atoms with Gasteiger partial charge in [0.2, 0.25) is 11.8 Å². The number of nitrogens with one attached hydrogen (secondary N) is 3. The normalized spacial score (nSPS) is 10.5. The van der Waals surface area contributed by atoms with Gasteiger partial charge >= 0.3 is 6.18 Å². The molecule has 1 rings (SSSR count). The Kier molecular flexibility index (Phi) is 37.5. The second-order valence-electron chi connectivity index (χ2n) is 9.14. The maximum absolute atomic E-state index is 11.9. The summed E-state index contributed by atoms with van der Waals surface area (Å²) < 4.78 is 35.8. The van der Waals surface area contributed by atoms with Crippen LogP contribution < -0.4 is 26.8 Å². The fraction of sp³-hybridized carbons (Fsp3) is 0.655. The van der Waals surface area contributed by atoms with E-state index >= 15 is 0 Å². The number of nitrogens with two attached hydrogens (primary N) is 2. The predicted molar refractivity (Wildman–Crippen MR) is 172 cm³/mol. The lowest BCUT2D eigenvalue weighted by Crippen LogP contribution is -2.49. The molecule has 0 heterocycles. The topological polar surface area (TPSA) is 160 Å².